The summed E-state index contributed by atoms with van der Waals surface area (Å²) in [6.07, 6.45) is 4.35. The Morgan fingerprint density at radius 2 is 2.33 bits per heavy atom. The topological polar surface area (TPSA) is 73.6 Å². The van der Waals surface area contributed by atoms with Crippen molar-refractivity contribution in [2.45, 2.75) is 50.9 Å². The summed E-state index contributed by atoms with van der Waals surface area (Å²) in [6.45, 7) is 2.45. The highest BCUT2D eigenvalue weighted by molar-refractivity contribution is 5.69. The maximum atomic E-state index is 11.4. The Hall–Kier alpha value is -1.82. The van der Waals surface area contributed by atoms with Crippen molar-refractivity contribution in [3.05, 3.63) is 28.3 Å². The van der Waals surface area contributed by atoms with E-state index in [1.165, 1.54) is 0 Å². The lowest BCUT2D eigenvalue weighted by Gasteiger charge is -2.21. The summed E-state index contributed by atoms with van der Waals surface area (Å²) < 4.78 is 11.3. The average Bonchev–Trinajstić information content (AvgIpc) is 3.07. The van der Waals surface area contributed by atoms with Gasteiger partial charge in [0, 0.05) is 0 Å². The smallest absolute Gasteiger partial charge is 0.333 e. The van der Waals surface area contributed by atoms with E-state index in [0.29, 0.717) is 24.1 Å². The number of para-hydroxylation sites is 1. The van der Waals surface area contributed by atoms with Crippen molar-refractivity contribution in [3.63, 3.8) is 0 Å². The first kappa shape index (κ1) is 14.1. The normalized spacial score (nSPS) is 26.8. The summed E-state index contributed by atoms with van der Waals surface area (Å²) in [5.74, 6) is 0.330. The first-order valence-corrected chi connectivity index (χ1v) is 7.51. The van der Waals surface area contributed by atoms with Gasteiger partial charge >= 0.3 is 5.69 Å². The summed E-state index contributed by atoms with van der Waals surface area (Å²) in [6, 6.07) is 5.33. The molecule has 0 spiro atoms. The zero-order valence-corrected chi connectivity index (χ0v) is 12.1. The van der Waals surface area contributed by atoms with E-state index >= 15 is 0 Å². The summed E-state index contributed by atoms with van der Waals surface area (Å²) in [4.78, 5) is 11.0. The van der Waals surface area contributed by atoms with Crippen molar-refractivity contribution in [3.8, 4) is 5.75 Å². The molecule has 2 bridgehead atoms. The van der Waals surface area contributed by atoms with E-state index in [1.54, 1.807) is 18.2 Å². The molecule has 3 unspecified atom stereocenters. The largest absolute Gasteiger partial charge is 0.487 e. The number of benzene rings is 1. The maximum absolute atomic E-state index is 11.4. The molecule has 6 heteroatoms. The molecule has 1 N–H and O–H groups in total. The van der Waals surface area contributed by atoms with Crippen LogP contribution >= 0.6 is 0 Å². The van der Waals surface area contributed by atoms with Crippen molar-refractivity contribution in [1.29, 1.82) is 0 Å². The zero-order valence-electron chi connectivity index (χ0n) is 12.1. The van der Waals surface area contributed by atoms with E-state index in [2.05, 4.69) is 5.32 Å². The molecule has 2 heterocycles. The number of fused-ring (bicyclic) bond motifs is 2. The molecule has 3 rings (SSSR count). The van der Waals surface area contributed by atoms with E-state index in [1.807, 2.05) is 6.92 Å². The highest BCUT2D eigenvalue weighted by atomic mass is 16.6. The number of hydrogen-bond donors (Lipinski definition) is 1. The predicted molar refractivity (Wildman–Crippen MR) is 78.8 cm³/mol. The number of ether oxygens (including phenoxy) is 2. The predicted octanol–water partition coefficient (Wildman–Crippen LogP) is 3.12. The fourth-order valence-corrected chi connectivity index (χ4v) is 3.15. The van der Waals surface area contributed by atoms with Gasteiger partial charge in [-0.15, -0.1) is 0 Å². The summed E-state index contributed by atoms with van der Waals surface area (Å²) in [7, 11) is 0. The van der Waals surface area contributed by atoms with E-state index < -0.39 is 0 Å². The van der Waals surface area contributed by atoms with Crippen LogP contribution in [0.4, 0.5) is 11.4 Å². The standard InChI is InChI=1S/C15H20N2O4/c1-2-8-20-14-5-3-4-11(15(14)17(18)19)16-12-9-10-6-7-13(12)21-10/h3-5,10,12-13,16H,2,6-9H2,1H3. The lowest BCUT2D eigenvalue weighted by Crippen LogP contribution is -2.30. The van der Waals surface area contributed by atoms with Crippen LogP contribution in [0.3, 0.4) is 0 Å². The Balaban J connectivity index is 1.82. The van der Waals surface area contributed by atoms with Crippen LogP contribution in [0, 0.1) is 10.1 Å². The molecule has 0 aromatic heterocycles. The van der Waals surface area contributed by atoms with Gasteiger partial charge in [0.25, 0.3) is 0 Å². The summed E-state index contributed by atoms with van der Waals surface area (Å²) in [5, 5.41) is 14.7. The van der Waals surface area contributed by atoms with Crippen LogP contribution in [0.2, 0.25) is 0 Å². The van der Waals surface area contributed by atoms with Gasteiger partial charge in [0.2, 0.25) is 0 Å². The molecule has 2 saturated heterocycles. The van der Waals surface area contributed by atoms with Crippen LogP contribution in [0.25, 0.3) is 0 Å². The number of nitrogens with one attached hydrogen (secondary N) is 1. The fraction of sp³-hybridized carbons (Fsp3) is 0.600. The Morgan fingerprint density at radius 3 is 2.95 bits per heavy atom. The molecule has 1 aromatic carbocycles. The molecule has 0 aliphatic carbocycles. The quantitative estimate of drug-likeness (QED) is 0.644. The molecule has 2 aliphatic heterocycles. The van der Waals surface area contributed by atoms with Crippen molar-refractivity contribution in [2.75, 3.05) is 11.9 Å². The molecule has 0 amide bonds. The van der Waals surface area contributed by atoms with Crippen LogP contribution in [0.1, 0.15) is 32.6 Å². The molecule has 0 radical (unpaired) electrons. The van der Waals surface area contributed by atoms with Crippen LogP contribution < -0.4 is 10.1 Å². The van der Waals surface area contributed by atoms with Crippen LogP contribution in [0.5, 0.6) is 5.75 Å². The lowest BCUT2D eigenvalue weighted by atomic mass is 9.95. The third-order valence-corrected chi connectivity index (χ3v) is 4.09. The van der Waals surface area contributed by atoms with Gasteiger partial charge in [-0.1, -0.05) is 13.0 Å². The summed E-state index contributed by atoms with van der Waals surface area (Å²) in [5.41, 5.74) is 0.545. The molecule has 114 valence electrons. The zero-order chi connectivity index (χ0) is 14.8. The molecule has 1 aromatic rings. The highest BCUT2D eigenvalue weighted by Crippen LogP contribution is 2.40. The van der Waals surface area contributed by atoms with Gasteiger partial charge < -0.3 is 14.8 Å². The van der Waals surface area contributed by atoms with Crippen LogP contribution in [-0.4, -0.2) is 29.8 Å². The van der Waals surface area contributed by atoms with Gasteiger partial charge in [0.15, 0.2) is 5.75 Å². The second-order valence-electron chi connectivity index (χ2n) is 5.62. The number of nitro benzene ring substituents is 1. The van der Waals surface area contributed by atoms with E-state index in [-0.39, 0.29) is 22.8 Å². The molecule has 6 nitrogen and oxygen atoms in total. The second kappa shape index (κ2) is 5.89. The van der Waals surface area contributed by atoms with Crippen molar-refractivity contribution < 1.29 is 14.4 Å². The average molecular weight is 292 g/mol. The number of rotatable bonds is 6. The van der Waals surface area contributed by atoms with Gasteiger partial charge in [-0.25, -0.2) is 0 Å². The fourth-order valence-electron chi connectivity index (χ4n) is 3.15. The number of hydrogen-bond acceptors (Lipinski definition) is 5. The Labute approximate surface area is 123 Å². The van der Waals surface area contributed by atoms with Gasteiger partial charge in [-0.3, -0.25) is 10.1 Å². The first-order chi connectivity index (χ1) is 10.2. The van der Waals surface area contributed by atoms with Crippen LogP contribution in [-0.2, 0) is 4.74 Å². The molecule has 2 aliphatic rings. The third-order valence-electron chi connectivity index (χ3n) is 4.09. The van der Waals surface area contributed by atoms with E-state index in [9.17, 15) is 10.1 Å². The summed E-state index contributed by atoms with van der Waals surface area (Å²) >= 11 is 0. The van der Waals surface area contributed by atoms with Gasteiger partial charge in [0.1, 0.15) is 5.69 Å². The Kier molecular flexibility index (Phi) is 3.96. The SMILES string of the molecule is CCCOc1cccc(NC2CC3CCC2O3)c1[N+](=O)[O-]. The minimum Gasteiger partial charge on any atom is -0.487 e. The minimum atomic E-state index is -0.374. The van der Waals surface area contributed by atoms with Gasteiger partial charge in [-0.05, 0) is 37.8 Å². The highest BCUT2D eigenvalue weighted by Gasteiger charge is 2.41. The molecular formula is C15H20N2O4. The molecular weight excluding hydrogens is 272 g/mol. The number of nitro groups is 1. The molecule has 3 atom stereocenters. The van der Waals surface area contributed by atoms with Gasteiger partial charge in [0.05, 0.1) is 29.8 Å². The van der Waals surface area contributed by atoms with Crippen molar-refractivity contribution in [2.24, 2.45) is 0 Å². The third kappa shape index (κ3) is 2.81. The number of anilines is 1. The molecule has 2 fully saturated rings. The Bertz CT molecular complexity index is 534. The lowest BCUT2D eigenvalue weighted by molar-refractivity contribution is -0.385. The molecule has 21 heavy (non-hydrogen) atoms. The minimum absolute atomic E-state index is 0.0220. The second-order valence-corrected chi connectivity index (χ2v) is 5.62. The van der Waals surface area contributed by atoms with Crippen molar-refractivity contribution >= 4 is 11.4 Å². The maximum Gasteiger partial charge on any atom is 0.333 e. The first-order valence-electron chi connectivity index (χ1n) is 7.51. The van der Waals surface area contributed by atoms with Crippen molar-refractivity contribution in [1.82, 2.24) is 0 Å². The number of nitrogens with zero attached hydrogens (tertiary/aromatic N) is 1. The molecule has 0 saturated carbocycles. The van der Waals surface area contributed by atoms with E-state index in [4.69, 9.17) is 9.47 Å². The van der Waals surface area contributed by atoms with Crippen LogP contribution in [0.15, 0.2) is 18.2 Å². The van der Waals surface area contributed by atoms with Gasteiger partial charge in [-0.2, -0.15) is 0 Å². The van der Waals surface area contributed by atoms with E-state index in [0.717, 1.165) is 25.7 Å². The monoisotopic (exact) mass is 292 g/mol. The Morgan fingerprint density at radius 1 is 1.48 bits per heavy atom.